The van der Waals surface area contributed by atoms with Crippen LogP contribution in [0.15, 0.2) is 48.5 Å². The second-order valence-electron chi connectivity index (χ2n) is 7.35. The van der Waals surface area contributed by atoms with Crippen molar-refractivity contribution in [3.8, 4) is 11.5 Å². The fourth-order valence-corrected chi connectivity index (χ4v) is 3.65. The number of rotatable bonds is 5. The summed E-state index contributed by atoms with van der Waals surface area (Å²) in [5.41, 5.74) is 2.37. The topological polar surface area (TPSA) is 54.0 Å². The highest BCUT2D eigenvalue weighted by molar-refractivity contribution is 5.75. The number of carbonyl (C=O) groups is 1. The summed E-state index contributed by atoms with van der Waals surface area (Å²) in [5, 5.41) is 3.10. The van der Waals surface area contributed by atoms with Crippen molar-refractivity contribution in [3.63, 3.8) is 0 Å². The number of nitrogens with zero attached hydrogens (tertiary/aromatic N) is 2. The van der Waals surface area contributed by atoms with Crippen LogP contribution in [0.4, 0.5) is 4.79 Å². The molecule has 0 bridgehead atoms. The molecule has 148 valence electrons. The lowest BCUT2D eigenvalue weighted by atomic mass is 10.1. The molecule has 1 atom stereocenters. The molecule has 2 aromatic carbocycles. The number of fused-ring (bicyclic) bond motifs is 1. The van der Waals surface area contributed by atoms with Crippen LogP contribution in [0, 0.1) is 0 Å². The second kappa shape index (κ2) is 8.52. The van der Waals surface area contributed by atoms with E-state index in [1.165, 1.54) is 5.56 Å². The zero-order valence-corrected chi connectivity index (χ0v) is 16.3. The van der Waals surface area contributed by atoms with Gasteiger partial charge in [0.1, 0.15) is 0 Å². The first-order valence-corrected chi connectivity index (χ1v) is 9.90. The van der Waals surface area contributed by atoms with E-state index in [1.807, 2.05) is 36.1 Å². The first-order valence-electron chi connectivity index (χ1n) is 9.90. The summed E-state index contributed by atoms with van der Waals surface area (Å²) in [7, 11) is 0. The minimum Gasteiger partial charge on any atom is -0.454 e. The number of urea groups is 1. The lowest BCUT2D eigenvalue weighted by Crippen LogP contribution is -2.52. The van der Waals surface area contributed by atoms with Crippen molar-refractivity contribution in [2.24, 2.45) is 0 Å². The fourth-order valence-electron chi connectivity index (χ4n) is 3.65. The summed E-state index contributed by atoms with van der Waals surface area (Å²) in [6.45, 7) is 6.63. The van der Waals surface area contributed by atoms with E-state index in [4.69, 9.17) is 9.47 Å². The molecule has 0 aromatic heterocycles. The van der Waals surface area contributed by atoms with Gasteiger partial charge in [0.05, 0.1) is 6.04 Å². The molecule has 1 unspecified atom stereocenters. The second-order valence-corrected chi connectivity index (χ2v) is 7.35. The fraction of sp³-hybridized carbons (Fsp3) is 0.409. The van der Waals surface area contributed by atoms with Gasteiger partial charge < -0.3 is 19.7 Å². The summed E-state index contributed by atoms with van der Waals surface area (Å²) in [6, 6.07) is 16.3. The van der Waals surface area contributed by atoms with E-state index >= 15 is 0 Å². The molecule has 0 radical (unpaired) electrons. The molecular formula is C22H27N3O3. The average molecular weight is 381 g/mol. The number of hydrogen-bond donors (Lipinski definition) is 1. The number of amides is 2. The highest BCUT2D eigenvalue weighted by atomic mass is 16.7. The molecule has 1 fully saturated rings. The largest absolute Gasteiger partial charge is 0.454 e. The van der Waals surface area contributed by atoms with E-state index < -0.39 is 0 Å². The molecule has 2 amide bonds. The van der Waals surface area contributed by atoms with Crippen molar-refractivity contribution in [1.29, 1.82) is 0 Å². The predicted octanol–water partition coefficient (Wildman–Crippen LogP) is 3.05. The van der Waals surface area contributed by atoms with Crippen LogP contribution in [0.25, 0.3) is 0 Å². The predicted molar refractivity (Wildman–Crippen MR) is 108 cm³/mol. The van der Waals surface area contributed by atoms with Crippen molar-refractivity contribution in [1.82, 2.24) is 15.1 Å². The van der Waals surface area contributed by atoms with Crippen LogP contribution in [-0.4, -0.2) is 55.3 Å². The molecule has 2 aliphatic heterocycles. The van der Waals surface area contributed by atoms with E-state index in [0.29, 0.717) is 0 Å². The summed E-state index contributed by atoms with van der Waals surface area (Å²) < 4.78 is 10.8. The van der Waals surface area contributed by atoms with Crippen molar-refractivity contribution in [2.75, 3.05) is 39.5 Å². The lowest BCUT2D eigenvalue weighted by molar-refractivity contribution is 0.138. The standard InChI is InChI=1S/C22H27N3O3/c1-17(19-7-8-20-21(15-19)28-16-27-20)23-22(26)25-13-11-24(12-14-25)10-9-18-5-3-2-4-6-18/h2-8,15,17H,9-14,16H2,1H3,(H,23,26). The summed E-state index contributed by atoms with van der Waals surface area (Å²) >= 11 is 0. The highest BCUT2D eigenvalue weighted by Crippen LogP contribution is 2.34. The van der Waals surface area contributed by atoms with E-state index in [0.717, 1.165) is 56.2 Å². The summed E-state index contributed by atoms with van der Waals surface area (Å²) in [5.74, 6) is 1.50. The van der Waals surface area contributed by atoms with Crippen molar-refractivity contribution in [3.05, 3.63) is 59.7 Å². The molecule has 2 aromatic rings. The average Bonchev–Trinajstić information content (AvgIpc) is 3.21. The summed E-state index contributed by atoms with van der Waals surface area (Å²) in [6.07, 6.45) is 1.05. The van der Waals surface area contributed by atoms with E-state index in [-0.39, 0.29) is 18.9 Å². The molecule has 0 saturated carbocycles. The molecule has 4 rings (SSSR count). The van der Waals surface area contributed by atoms with Crippen LogP contribution in [0.5, 0.6) is 11.5 Å². The van der Waals surface area contributed by atoms with Crippen LogP contribution in [-0.2, 0) is 6.42 Å². The van der Waals surface area contributed by atoms with Crippen LogP contribution in [0.3, 0.4) is 0 Å². The third-order valence-electron chi connectivity index (χ3n) is 5.46. The Morgan fingerprint density at radius 1 is 1.04 bits per heavy atom. The monoisotopic (exact) mass is 381 g/mol. The zero-order chi connectivity index (χ0) is 19.3. The molecule has 2 heterocycles. The number of carbonyl (C=O) groups excluding carboxylic acids is 1. The smallest absolute Gasteiger partial charge is 0.317 e. The number of benzene rings is 2. The molecule has 1 N–H and O–H groups in total. The quantitative estimate of drug-likeness (QED) is 0.865. The van der Waals surface area contributed by atoms with Crippen LogP contribution < -0.4 is 14.8 Å². The number of nitrogens with one attached hydrogen (secondary N) is 1. The normalized spacial score (nSPS) is 17.4. The highest BCUT2D eigenvalue weighted by Gasteiger charge is 2.23. The Morgan fingerprint density at radius 3 is 2.57 bits per heavy atom. The Morgan fingerprint density at radius 2 is 1.79 bits per heavy atom. The number of hydrogen-bond acceptors (Lipinski definition) is 4. The molecule has 28 heavy (non-hydrogen) atoms. The molecule has 0 aliphatic carbocycles. The number of piperazine rings is 1. The molecule has 0 spiro atoms. The maximum Gasteiger partial charge on any atom is 0.317 e. The molecule has 6 heteroatoms. The molecule has 2 aliphatic rings. The SMILES string of the molecule is CC(NC(=O)N1CCN(CCc2ccccc2)CC1)c1ccc2c(c1)OCO2. The van der Waals surface area contributed by atoms with Gasteiger partial charge in [0.15, 0.2) is 11.5 Å². The Balaban J connectivity index is 1.23. The van der Waals surface area contributed by atoms with Gasteiger partial charge in [0.2, 0.25) is 6.79 Å². The summed E-state index contributed by atoms with van der Waals surface area (Å²) in [4.78, 5) is 17.0. The van der Waals surface area contributed by atoms with Crippen molar-refractivity contribution in [2.45, 2.75) is 19.4 Å². The van der Waals surface area contributed by atoms with Gasteiger partial charge in [0.25, 0.3) is 0 Å². The van der Waals surface area contributed by atoms with Gasteiger partial charge >= 0.3 is 6.03 Å². The van der Waals surface area contributed by atoms with Crippen molar-refractivity contribution < 1.29 is 14.3 Å². The van der Waals surface area contributed by atoms with Crippen LogP contribution in [0.1, 0.15) is 24.1 Å². The van der Waals surface area contributed by atoms with E-state index in [2.05, 4.69) is 34.5 Å². The zero-order valence-electron chi connectivity index (χ0n) is 16.3. The minimum atomic E-state index is -0.0851. The maximum absolute atomic E-state index is 12.6. The third-order valence-corrected chi connectivity index (χ3v) is 5.46. The Hall–Kier alpha value is -2.73. The Kier molecular flexibility index (Phi) is 5.67. The minimum absolute atomic E-state index is 0.00660. The Labute approximate surface area is 166 Å². The lowest BCUT2D eigenvalue weighted by Gasteiger charge is -2.35. The Bertz CT molecular complexity index is 804. The third kappa shape index (κ3) is 4.39. The van der Waals surface area contributed by atoms with Gasteiger partial charge in [0, 0.05) is 32.7 Å². The van der Waals surface area contributed by atoms with Gasteiger partial charge in [-0.3, -0.25) is 4.90 Å². The van der Waals surface area contributed by atoms with E-state index in [9.17, 15) is 4.79 Å². The first kappa shape index (κ1) is 18.6. The van der Waals surface area contributed by atoms with Gasteiger partial charge in [-0.25, -0.2) is 4.79 Å². The van der Waals surface area contributed by atoms with E-state index in [1.54, 1.807) is 0 Å². The maximum atomic E-state index is 12.6. The van der Waals surface area contributed by atoms with Gasteiger partial charge in [-0.05, 0) is 36.6 Å². The molecule has 6 nitrogen and oxygen atoms in total. The van der Waals surface area contributed by atoms with Crippen molar-refractivity contribution >= 4 is 6.03 Å². The first-order chi connectivity index (χ1) is 13.7. The van der Waals surface area contributed by atoms with Crippen LogP contribution in [0.2, 0.25) is 0 Å². The van der Waals surface area contributed by atoms with Gasteiger partial charge in [-0.15, -0.1) is 0 Å². The molecular weight excluding hydrogens is 354 g/mol. The molecule has 1 saturated heterocycles. The number of ether oxygens (including phenoxy) is 2. The van der Waals surface area contributed by atoms with Crippen LogP contribution >= 0.6 is 0 Å². The van der Waals surface area contributed by atoms with Gasteiger partial charge in [-0.1, -0.05) is 36.4 Å². The van der Waals surface area contributed by atoms with Gasteiger partial charge in [-0.2, -0.15) is 0 Å².